The highest BCUT2D eigenvalue weighted by molar-refractivity contribution is 7.80. The van der Waals surface area contributed by atoms with Crippen molar-refractivity contribution in [2.24, 2.45) is 5.73 Å². The normalized spacial score (nSPS) is 25.9. The van der Waals surface area contributed by atoms with Crippen LogP contribution in [0.4, 0.5) is 4.79 Å². The first-order valence-electron chi connectivity index (χ1n) is 5.42. The topological polar surface area (TPSA) is 142 Å². The predicted octanol–water partition coefficient (Wildman–Crippen LogP) is -1.06. The summed E-state index contributed by atoms with van der Waals surface area (Å²) in [6, 6.07) is -1.73. The number of carbonyl (C=O) groups is 1. The van der Waals surface area contributed by atoms with Gasteiger partial charge in [0.15, 0.2) is 0 Å². The van der Waals surface area contributed by atoms with Gasteiger partial charge >= 0.3 is 16.4 Å². The monoisotopic (exact) mass is 289 g/mol. The molecule has 0 unspecified atom stereocenters. The Bertz CT molecular complexity index is 627. The molecule has 0 aliphatic carbocycles. The number of fused-ring (bicyclic) bond motifs is 4. The van der Waals surface area contributed by atoms with Gasteiger partial charge in [0.2, 0.25) is 0 Å². The molecule has 104 valence electrons. The molecule has 0 saturated carbocycles. The number of rotatable bonds is 3. The van der Waals surface area contributed by atoms with Crippen molar-refractivity contribution >= 4 is 16.4 Å². The number of H-pyrrole nitrogens is 1. The van der Waals surface area contributed by atoms with Crippen LogP contribution in [0.3, 0.4) is 0 Å². The molecule has 2 bridgehead atoms. The Balaban J connectivity index is 2.04. The number of carbonyl (C=O) groups excluding carboxylic acids is 1. The summed E-state index contributed by atoms with van der Waals surface area (Å²) in [4.78, 5) is 13.4. The van der Waals surface area contributed by atoms with Gasteiger partial charge in [-0.1, -0.05) is 0 Å². The molecule has 1 saturated heterocycles. The fourth-order valence-corrected chi connectivity index (χ4v) is 2.88. The number of hydrogen-bond acceptors (Lipinski definition) is 6. The standard InChI is InChI=1S/C8H11N5O5S/c9-1-5-7-4(2-10-11-7)6-3-12(5)8(14)13(6)18-19(15,16)17/h2,5-6H,1,3,9H2,(H,10,11)(H,15,16,17)/t5-,6-/m0/s1. The molecule has 2 atom stereocenters. The molecule has 2 aliphatic rings. The molecular formula is C8H11N5O5S. The maximum atomic E-state index is 12.1. The Morgan fingerprint density at radius 2 is 2.37 bits per heavy atom. The lowest BCUT2D eigenvalue weighted by Gasteiger charge is -2.28. The van der Waals surface area contributed by atoms with E-state index in [1.54, 1.807) is 0 Å². The van der Waals surface area contributed by atoms with Gasteiger partial charge in [-0.25, -0.2) is 4.79 Å². The lowest BCUT2D eigenvalue weighted by molar-refractivity contribution is -0.0317. The first-order valence-corrected chi connectivity index (χ1v) is 6.79. The molecule has 3 rings (SSSR count). The minimum absolute atomic E-state index is 0.160. The Morgan fingerprint density at radius 1 is 1.63 bits per heavy atom. The highest BCUT2D eigenvalue weighted by Crippen LogP contribution is 2.42. The van der Waals surface area contributed by atoms with E-state index in [9.17, 15) is 13.2 Å². The van der Waals surface area contributed by atoms with Crippen molar-refractivity contribution in [1.29, 1.82) is 0 Å². The SMILES string of the molecule is NC[C@H]1c2[nH]ncc2[C@@H]2CN1C(=O)N2OS(=O)(=O)O. The van der Waals surface area contributed by atoms with Crippen LogP contribution in [0.25, 0.3) is 0 Å². The molecule has 1 aromatic heterocycles. The van der Waals surface area contributed by atoms with E-state index in [0.29, 0.717) is 16.3 Å². The maximum Gasteiger partial charge on any atom is 0.418 e. The van der Waals surface area contributed by atoms with Gasteiger partial charge in [-0.3, -0.25) is 9.65 Å². The van der Waals surface area contributed by atoms with E-state index in [0.717, 1.165) is 0 Å². The fraction of sp³-hybridized carbons (Fsp3) is 0.500. The number of nitrogens with one attached hydrogen (secondary N) is 1. The lowest BCUT2D eigenvalue weighted by Crippen LogP contribution is -2.38. The van der Waals surface area contributed by atoms with Crippen molar-refractivity contribution in [1.82, 2.24) is 20.2 Å². The van der Waals surface area contributed by atoms with E-state index in [4.69, 9.17) is 10.3 Å². The van der Waals surface area contributed by atoms with Gasteiger partial charge in [0.05, 0.1) is 24.5 Å². The van der Waals surface area contributed by atoms with E-state index < -0.39 is 28.5 Å². The van der Waals surface area contributed by atoms with Crippen LogP contribution < -0.4 is 5.73 Å². The number of aromatic nitrogens is 2. The summed E-state index contributed by atoms with van der Waals surface area (Å²) < 4.78 is 34.6. The van der Waals surface area contributed by atoms with Crippen molar-refractivity contribution in [2.75, 3.05) is 13.1 Å². The zero-order chi connectivity index (χ0) is 13.8. The second-order valence-corrected chi connectivity index (χ2v) is 5.27. The predicted molar refractivity (Wildman–Crippen MR) is 59.7 cm³/mol. The largest absolute Gasteiger partial charge is 0.418 e. The van der Waals surface area contributed by atoms with Crippen LogP contribution in [0, 0.1) is 0 Å². The van der Waals surface area contributed by atoms with Crippen molar-refractivity contribution in [3.8, 4) is 0 Å². The van der Waals surface area contributed by atoms with Crippen LogP contribution in [0.2, 0.25) is 0 Å². The molecule has 1 fully saturated rings. The molecule has 2 aliphatic heterocycles. The summed E-state index contributed by atoms with van der Waals surface area (Å²) in [7, 11) is -4.77. The number of nitrogens with zero attached hydrogens (tertiary/aromatic N) is 3. The number of hydroxylamine groups is 2. The van der Waals surface area contributed by atoms with Crippen LogP contribution in [0.15, 0.2) is 6.20 Å². The second kappa shape index (κ2) is 3.90. The first-order chi connectivity index (χ1) is 8.92. The van der Waals surface area contributed by atoms with Crippen LogP contribution in [0.1, 0.15) is 23.3 Å². The second-order valence-electron chi connectivity index (χ2n) is 4.27. The molecule has 4 N–H and O–H groups in total. The first kappa shape index (κ1) is 12.3. The number of aromatic amines is 1. The van der Waals surface area contributed by atoms with Crippen LogP contribution in [-0.4, -0.2) is 52.3 Å². The van der Waals surface area contributed by atoms with Crippen LogP contribution in [0.5, 0.6) is 0 Å². The van der Waals surface area contributed by atoms with E-state index in [-0.39, 0.29) is 13.1 Å². The average molecular weight is 289 g/mol. The molecule has 2 amide bonds. The third-order valence-corrected chi connectivity index (χ3v) is 3.60. The number of hydrogen-bond donors (Lipinski definition) is 3. The Kier molecular flexibility index (Phi) is 2.53. The van der Waals surface area contributed by atoms with E-state index in [1.165, 1.54) is 11.1 Å². The molecule has 1 aromatic rings. The fourth-order valence-electron chi connectivity index (χ4n) is 2.51. The summed E-state index contributed by atoms with van der Waals surface area (Å²) in [5, 5.41) is 7.23. The smallest absolute Gasteiger partial charge is 0.328 e. The van der Waals surface area contributed by atoms with E-state index in [2.05, 4.69) is 14.5 Å². The third kappa shape index (κ3) is 1.78. The third-order valence-electron chi connectivity index (χ3n) is 3.25. The minimum Gasteiger partial charge on any atom is -0.328 e. The van der Waals surface area contributed by atoms with Gasteiger partial charge < -0.3 is 10.6 Å². The molecular weight excluding hydrogens is 278 g/mol. The Morgan fingerprint density at radius 3 is 3.00 bits per heavy atom. The number of amides is 2. The Labute approximate surface area is 108 Å². The minimum atomic E-state index is -4.77. The van der Waals surface area contributed by atoms with Gasteiger partial charge in [0.1, 0.15) is 6.04 Å². The Hall–Kier alpha value is -1.69. The van der Waals surface area contributed by atoms with E-state index in [1.807, 2.05) is 0 Å². The molecule has 10 nitrogen and oxygen atoms in total. The molecule has 0 aromatic carbocycles. The van der Waals surface area contributed by atoms with Crippen LogP contribution in [-0.2, 0) is 14.7 Å². The van der Waals surface area contributed by atoms with Crippen molar-refractivity contribution < 1.29 is 22.0 Å². The molecule has 0 radical (unpaired) electrons. The van der Waals surface area contributed by atoms with Gasteiger partial charge in [0, 0.05) is 12.1 Å². The highest BCUT2D eigenvalue weighted by atomic mass is 32.3. The number of urea groups is 1. The zero-order valence-corrected chi connectivity index (χ0v) is 10.4. The van der Waals surface area contributed by atoms with Crippen molar-refractivity contribution in [3.05, 3.63) is 17.5 Å². The summed E-state index contributed by atoms with van der Waals surface area (Å²) in [6.45, 7) is 0.385. The van der Waals surface area contributed by atoms with Gasteiger partial charge in [0.25, 0.3) is 0 Å². The molecule has 3 heterocycles. The zero-order valence-electron chi connectivity index (χ0n) is 9.55. The molecule has 0 spiro atoms. The molecule has 19 heavy (non-hydrogen) atoms. The van der Waals surface area contributed by atoms with Crippen LogP contribution >= 0.6 is 0 Å². The van der Waals surface area contributed by atoms with Crippen molar-refractivity contribution in [2.45, 2.75) is 12.1 Å². The average Bonchev–Trinajstić information content (AvgIpc) is 2.89. The summed E-state index contributed by atoms with van der Waals surface area (Å²) in [5.74, 6) is 0. The summed E-state index contributed by atoms with van der Waals surface area (Å²) in [5.41, 5.74) is 6.90. The van der Waals surface area contributed by atoms with Gasteiger partial charge in [-0.05, 0) is 0 Å². The molecule has 11 heteroatoms. The van der Waals surface area contributed by atoms with Crippen molar-refractivity contribution in [3.63, 3.8) is 0 Å². The van der Waals surface area contributed by atoms with E-state index >= 15 is 0 Å². The van der Waals surface area contributed by atoms with Gasteiger partial charge in [-0.15, -0.1) is 4.28 Å². The summed E-state index contributed by atoms with van der Waals surface area (Å²) in [6.07, 6.45) is 1.49. The lowest BCUT2D eigenvalue weighted by atomic mass is 9.98. The quantitative estimate of drug-likeness (QED) is 0.602. The maximum absolute atomic E-state index is 12.1. The summed E-state index contributed by atoms with van der Waals surface area (Å²) >= 11 is 0. The van der Waals surface area contributed by atoms with Gasteiger partial charge in [-0.2, -0.15) is 18.6 Å². The highest BCUT2D eigenvalue weighted by Gasteiger charge is 2.50. The number of nitrogens with two attached hydrogens (primary N) is 1.